The predicted octanol–water partition coefficient (Wildman–Crippen LogP) is 4.19. The molecule has 0 heterocycles. The molecular weight excluding hydrogens is 184 g/mol. The van der Waals surface area contributed by atoms with Crippen molar-refractivity contribution in [1.82, 2.24) is 0 Å². The third kappa shape index (κ3) is 4.96. The number of Topliss-reactive ketones (excluding diaryl/α,β-unsaturated/α-hetero) is 1. The summed E-state index contributed by atoms with van der Waals surface area (Å²) in [4.78, 5) is 11.7. The third-order valence-corrected chi connectivity index (χ3v) is 2.96. The Bertz CT molecular complexity index is 238. The number of allylic oxidation sites excluding steroid dienone is 3. The average Bonchev–Trinajstić information content (AvgIpc) is 2.30. The van der Waals surface area contributed by atoms with E-state index in [4.69, 9.17) is 0 Å². The van der Waals surface area contributed by atoms with E-state index in [2.05, 4.69) is 12.7 Å². The first kappa shape index (κ1) is 12.2. The summed E-state index contributed by atoms with van der Waals surface area (Å²) in [6.07, 6.45) is 13.9. The average molecular weight is 206 g/mol. The number of carbonyl (C=O) groups excluding carboxylic acids is 1. The number of ketones is 1. The van der Waals surface area contributed by atoms with Gasteiger partial charge in [0.15, 0.2) is 5.78 Å². The Hall–Kier alpha value is -0.850. The van der Waals surface area contributed by atoms with Crippen LogP contribution in [0.15, 0.2) is 24.3 Å². The maximum absolute atomic E-state index is 11.7. The molecule has 0 aromatic carbocycles. The molecule has 0 atom stereocenters. The molecule has 1 rings (SSSR count). The molecular formula is C14H22O. The fraction of sp³-hybridized carbons (Fsp3) is 0.643. The number of hydrogen-bond donors (Lipinski definition) is 0. The lowest BCUT2D eigenvalue weighted by Gasteiger charge is -2.11. The minimum Gasteiger partial charge on any atom is -0.295 e. The largest absolute Gasteiger partial charge is 0.295 e. The van der Waals surface area contributed by atoms with Crippen LogP contribution < -0.4 is 0 Å². The van der Waals surface area contributed by atoms with Crippen LogP contribution in [0.4, 0.5) is 0 Å². The van der Waals surface area contributed by atoms with Crippen molar-refractivity contribution in [2.24, 2.45) is 0 Å². The first-order valence-electron chi connectivity index (χ1n) is 6.17. The molecule has 0 spiro atoms. The molecule has 0 aliphatic heterocycles. The zero-order chi connectivity index (χ0) is 10.9. The number of unbranched alkanes of at least 4 members (excludes halogenated alkanes) is 3. The molecule has 0 saturated heterocycles. The molecule has 0 unspecified atom stereocenters. The maximum atomic E-state index is 11.7. The highest BCUT2D eigenvalue weighted by molar-refractivity contribution is 5.95. The summed E-state index contributed by atoms with van der Waals surface area (Å²) in [5.74, 6) is 0.397. The van der Waals surface area contributed by atoms with Crippen LogP contribution in [-0.4, -0.2) is 5.78 Å². The summed E-state index contributed by atoms with van der Waals surface area (Å²) in [5.41, 5.74) is 1.10. The highest BCUT2D eigenvalue weighted by Gasteiger charge is 2.11. The van der Waals surface area contributed by atoms with Crippen molar-refractivity contribution in [3.05, 3.63) is 24.3 Å². The van der Waals surface area contributed by atoms with E-state index in [0.717, 1.165) is 44.1 Å². The Balaban J connectivity index is 2.12. The molecule has 0 aromatic rings. The Labute approximate surface area is 93.3 Å². The van der Waals surface area contributed by atoms with Crippen LogP contribution in [0.1, 0.15) is 57.8 Å². The van der Waals surface area contributed by atoms with Gasteiger partial charge in [-0.2, -0.15) is 0 Å². The second-order valence-electron chi connectivity index (χ2n) is 4.29. The van der Waals surface area contributed by atoms with Gasteiger partial charge in [0.05, 0.1) is 0 Å². The van der Waals surface area contributed by atoms with Crippen LogP contribution in [0, 0.1) is 0 Å². The van der Waals surface area contributed by atoms with Crippen molar-refractivity contribution in [1.29, 1.82) is 0 Å². The van der Waals surface area contributed by atoms with E-state index >= 15 is 0 Å². The van der Waals surface area contributed by atoms with Crippen LogP contribution in [0.3, 0.4) is 0 Å². The fourth-order valence-corrected chi connectivity index (χ4v) is 2.00. The van der Waals surface area contributed by atoms with Crippen molar-refractivity contribution in [2.45, 2.75) is 57.8 Å². The van der Waals surface area contributed by atoms with E-state index in [9.17, 15) is 4.79 Å². The van der Waals surface area contributed by atoms with E-state index in [0.29, 0.717) is 5.78 Å². The van der Waals surface area contributed by atoms with Gasteiger partial charge in [0.1, 0.15) is 0 Å². The van der Waals surface area contributed by atoms with Gasteiger partial charge in [0.25, 0.3) is 0 Å². The summed E-state index contributed by atoms with van der Waals surface area (Å²) in [6.45, 7) is 3.69. The standard InChI is InChI=1S/C14H22O/c1-2-3-4-5-9-12-14(15)13-10-7-6-8-11-13/h2,10H,1,3-9,11-12H2. The summed E-state index contributed by atoms with van der Waals surface area (Å²) in [5, 5.41) is 0. The van der Waals surface area contributed by atoms with E-state index < -0.39 is 0 Å². The minimum atomic E-state index is 0.397. The predicted molar refractivity (Wildman–Crippen MR) is 64.8 cm³/mol. The summed E-state index contributed by atoms with van der Waals surface area (Å²) in [6, 6.07) is 0. The highest BCUT2D eigenvalue weighted by atomic mass is 16.1. The highest BCUT2D eigenvalue weighted by Crippen LogP contribution is 2.20. The van der Waals surface area contributed by atoms with Gasteiger partial charge in [-0.05, 0) is 50.5 Å². The first-order chi connectivity index (χ1) is 7.34. The molecule has 0 saturated carbocycles. The zero-order valence-corrected chi connectivity index (χ0v) is 9.63. The maximum Gasteiger partial charge on any atom is 0.158 e. The third-order valence-electron chi connectivity index (χ3n) is 2.96. The van der Waals surface area contributed by atoms with Crippen molar-refractivity contribution >= 4 is 5.78 Å². The van der Waals surface area contributed by atoms with Gasteiger partial charge < -0.3 is 0 Å². The van der Waals surface area contributed by atoms with Crippen molar-refractivity contribution in [3.63, 3.8) is 0 Å². The van der Waals surface area contributed by atoms with Crippen LogP contribution >= 0.6 is 0 Å². The van der Waals surface area contributed by atoms with Crippen LogP contribution in [0.25, 0.3) is 0 Å². The fourth-order valence-electron chi connectivity index (χ4n) is 2.00. The van der Waals surface area contributed by atoms with E-state index in [1.165, 1.54) is 19.3 Å². The summed E-state index contributed by atoms with van der Waals surface area (Å²) < 4.78 is 0. The Kier molecular flexibility index (Phi) is 6.06. The molecule has 1 heteroatoms. The first-order valence-corrected chi connectivity index (χ1v) is 6.17. The lowest BCUT2D eigenvalue weighted by Crippen LogP contribution is -2.05. The Morgan fingerprint density at radius 2 is 2.20 bits per heavy atom. The molecule has 0 amide bonds. The van der Waals surface area contributed by atoms with Gasteiger partial charge in [0, 0.05) is 6.42 Å². The number of carbonyl (C=O) groups is 1. The monoisotopic (exact) mass is 206 g/mol. The zero-order valence-electron chi connectivity index (χ0n) is 9.63. The van der Waals surface area contributed by atoms with Crippen molar-refractivity contribution in [2.75, 3.05) is 0 Å². The van der Waals surface area contributed by atoms with Crippen molar-refractivity contribution in [3.8, 4) is 0 Å². The molecule has 0 fully saturated rings. The van der Waals surface area contributed by atoms with Gasteiger partial charge in [-0.25, -0.2) is 0 Å². The van der Waals surface area contributed by atoms with Crippen molar-refractivity contribution < 1.29 is 4.79 Å². The molecule has 0 N–H and O–H groups in total. The van der Waals surface area contributed by atoms with Gasteiger partial charge in [-0.15, -0.1) is 6.58 Å². The lowest BCUT2D eigenvalue weighted by atomic mass is 9.94. The molecule has 0 aromatic heterocycles. The molecule has 1 aliphatic rings. The van der Waals surface area contributed by atoms with Gasteiger partial charge in [-0.1, -0.05) is 18.6 Å². The SMILES string of the molecule is C=CCCCCCC(=O)C1=CCCCC1. The van der Waals surface area contributed by atoms with Crippen LogP contribution in [-0.2, 0) is 4.79 Å². The molecule has 1 aliphatic carbocycles. The van der Waals surface area contributed by atoms with Gasteiger partial charge >= 0.3 is 0 Å². The Morgan fingerprint density at radius 3 is 2.87 bits per heavy atom. The molecule has 15 heavy (non-hydrogen) atoms. The number of rotatable bonds is 7. The minimum absolute atomic E-state index is 0.397. The molecule has 0 bridgehead atoms. The van der Waals surface area contributed by atoms with Gasteiger partial charge in [0.2, 0.25) is 0 Å². The summed E-state index contributed by atoms with van der Waals surface area (Å²) >= 11 is 0. The normalized spacial score (nSPS) is 15.9. The smallest absolute Gasteiger partial charge is 0.158 e. The molecule has 84 valence electrons. The summed E-state index contributed by atoms with van der Waals surface area (Å²) in [7, 11) is 0. The molecule has 1 nitrogen and oxygen atoms in total. The second kappa shape index (κ2) is 7.44. The number of hydrogen-bond acceptors (Lipinski definition) is 1. The van der Waals surface area contributed by atoms with E-state index in [-0.39, 0.29) is 0 Å². The van der Waals surface area contributed by atoms with E-state index in [1.807, 2.05) is 6.08 Å². The Morgan fingerprint density at radius 1 is 1.33 bits per heavy atom. The molecule has 0 radical (unpaired) electrons. The van der Waals surface area contributed by atoms with Crippen LogP contribution in [0.5, 0.6) is 0 Å². The lowest BCUT2D eigenvalue weighted by molar-refractivity contribution is -0.115. The van der Waals surface area contributed by atoms with Crippen LogP contribution in [0.2, 0.25) is 0 Å². The van der Waals surface area contributed by atoms with E-state index in [1.54, 1.807) is 0 Å². The van der Waals surface area contributed by atoms with Gasteiger partial charge in [-0.3, -0.25) is 4.79 Å². The second-order valence-corrected chi connectivity index (χ2v) is 4.29. The topological polar surface area (TPSA) is 17.1 Å². The quantitative estimate of drug-likeness (QED) is 0.451.